The minimum absolute atomic E-state index is 0.544. The molecule has 0 amide bonds. The summed E-state index contributed by atoms with van der Waals surface area (Å²) in [7, 11) is 1.93. The van der Waals surface area contributed by atoms with E-state index in [0.29, 0.717) is 12.2 Å². The highest BCUT2D eigenvalue weighted by Gasteiger charge is 2.53. The molecule has 0 spiro atoms. The van der Waals surface area contributed by atoms with Crippen molar-refractivity contribution in [1.29, 1.82) is 0 Å². The van der Waals surface area contributed by atoms with E-state index < -0.39 is 0 Å². The van der Waals surface area contributed by atoms with Crippen molar-refractivity contribution in [3.8, 4) is 0 Å². The molecule has 4 rings (SSSR count). The molecule has 20 heavy (non-hydrogen) atoms. The minimum atomic E-state index is 0.544. The molecule has 4 nitrogen and oxygen atoms in total. The molecular weight excluding hydrogens is 250 g/mol. The molecule has 3 heterocycles. The molecule has 0 aromatic carbocycles. The van der Waals surface area contributed by atoms with E-state index in [1.807, 2.05) is 7.05 Å². The van der Waals surface area contributed by atoms with Gasteiger partial charge in [-0.05, 0) is 31.6 Å². The molecule has 3 saturated heterocycles. The Bertz CT molecular complexity index is 373. The van der Waals surface area contributed by atoms with Crippen molar-refractivity contribution in [2.75, 3.05) is 26.7 Å². The maximum atomic E-state index is 6.06. The summed E-state index contributed by atoms with van der Waals surface area (Å²) in [6.07, 6.45) is 9.28. The Morgan fingerprint density at radius 2 is 1.75 bits per heavy atom. The van der Waals surface area contributed by atoms with Gasteiger partial charge in [0.1, 0.15) is 0 Å². The molecule has 1 N–H and O–H groups in total. The summed E-state index contributed by atoms with van der Waals surface area (Å²) < 4.78 is 6.06. The largest absolute Gasteiger partial charge is 0.374 e. The quantitative estimate of drug-likeness (QED) is 0.618. The average Bonchev–Trinajstić information content (AvgIpc) is 3.22. The molecule has 4 unspecified atom stereocenters. The van der Waals surface area contributed by atoms with E-state index in [9.17, 15) is 0 Å². The first-order chi connectivity index (χ1) is 9.85. The number of rotatable bonds is 2. The highest BCUT2D eigenvalue weighted by Crippen LogP contribution is 2.47. The van der Waals surface area contributed by atoms with Gasteiger partial charge in [0.2, 0.25) is 0 Å². The molecule has 4 fully saturated rings. The van der Waals surface area contributed by atoms with Crippen molar-refractivity contribution in [2.24, 2.45) is 22.7 Å². The number of hydrogen-bond donors (Lipinski definition) is 1. The van der Waals surface area contributed by atoms with Crippen LogP contribution in [0.5, 0.6) is 0 Å². The van der Waals surface area contributed by atoms with Crippen LogP contribution in [0.2, 0.25) is 0 Å². The van der Waals surface area contributed by atoms with Crippen LogP contribution in [0.1, 0.15) is 38.5 Å². The summed E-state index contributed by atoms with van der Waals surface area (Å²) in [6, 6.07) is 0. The summed E-state index contributed by atoms with van der Waals surface area (Å²) in [5.41, 5.74) is 0. The van der Waals surface area contributed by atoms with Gasteiger partial charge in [-0.1, -0.05) is 12.8 Å². The van der Waals surface area contributed by atoms with Gasteiger partial charge in [0.05, 0.1) is 12.2 Å². The van der Waals surface area contributed by atoms with Gasteiger partial charge in [-0.15, -0.1) is 0 Å². The third-order valence-electron chi connectivity index (χ3n) is 5.99. The molecule has 0 radical (unpaired) electrons. The van der Waals surface area contributed by atoms with Crippen molar-refractivity contribution in [1.82, 2.24) is 10.2 Å². The summed E-state index contributed by atoms with van der Waals surface area (Å²) in [4.78, 5) is 7.00. The number of ether oxygens (including phenoxy) is 1. The van der Waals surface area contributed by atoms with Crippen molar-refractivity contribution < 1.29 is 4.74 Å². The summed E-state index contributed by atoms with van der Waals surface area (Å²) in [6.45, 7) is 3.41. The molecule has 2 bridgehead atoms. The van der Waals surface area contributed by atoms with Crippen molar-refractivity contribution in [3.05, 3.63) is 0 Å². The number of fused-ring (bicyclic) bond motifs is 5. The van der Waals surface area contributed by atoms with Crippen LogP contribution in [-0.2, 0) is 4.74 Å². The Labute approximate surface area is 122 Å². The molecular formula is C16H27N3O. The fraction of sp³-hybridized carbons (Fsp3) is 0.938. The molecule has 1 saturated carbocycles. The van der Waals surface area contributed by atoms with Gasteiger partial charge in [0, 0.05) is 38.5 Å². The Morgan fingerprint density at radius 3 is 2.35 bits per heavy atom. The molecule has 4 aliphatic rings. The molecule has 4 heteroatoms. The van der Waals surface area contributed by atoms with E-state index >= 15 is 0 Å². The summed E-state index contributed by atoms with van der Waals surface area (Å²) >= 11 is 0. The Hall–Kier alpha value is -0.770. The van der Waals surface area contributed by atoms with Crippen molar-refractivity contribution in [3.63, 3.8) is 0 Å². The zero-order valence-electron chi connectivity index (χ0n) is 12.6. The second kappa shape index (κ2) is 5.21. The lowest BCUT2D eigenvalue weighted by Gasteiger charge is -2.24. The van der Waals surface area contributed by atoms with Gasteiger partial charge in [0.25, 0.3) is 0 Å². The number of aliphatic imine (C=N–C) groups is 1. The van der Waals surface area contributed by atoms with Gasteiger partial charge < -0.3 is 15.0 Å². The standard InChI is InChI=1S/C16H27N3O/c1-17-16(18-8-11-4-2-3-5-11)19-9-12-13(10-19)15-7-6-14(12)20-15/h11-15H,2-10H2,1H3,(H,17,18). The monoisotopic (exact) mass is 277 g/mol. The van der Waals surface area contributed by atoms with E-state index in [2.05, 4.69) is 15.2 Å². The van der Waals surface area contributed by atoms with Crippen LogP contribution in [0.15, 0.2) is 4.99 Å². The lowest BCUT2D eigenvalue weighted by molar-refractivity contribution is 0.0767. The van der Waals surface area contributed by atoms with Gasteiger partial charge in [-0.2, -0.15) is 0 Å². The van der Waals surface area contributed by atoms with E-state index in [-0.39, 0.29) is 0 Å². The van der Waals surface area contributed by atoms with Gasteiger partial charge in [-0.3, -0.25) is 4.99 Å². The van der Waals surface area contributed by atoms with E-state index in [1.165, 1.54) is 38.5 Å². The molecule has 112 valence electrons. The third-order valence-corrected chi connectivity index (χ3v) is 5.99. The number of nitrogens with one attached hydrogen (secondary N) is 1. The molecule has 1 aliphatic carbocycles. The maximum Gasteiger partial charge on any atom is 0.193 e. The molecule has 3 aliphatic heterocycles. The first-order valence-electron chi connectivity index (χ1n) is 8.46. The highest BCUT2D eigenvalue weighted by molar-refractivity contribution is 5.80. The van der Waals surface area contributed by atoms with Crippen LogP contribution in [0, 0.1) is 17.8 Å². The van der Waals surface area contributed by atoms with Crippen molar-refractivity contribution >= 4 is 5.96 Å². The second-order valence-electron chi connectivity index (χ2n) is 7.10. The van der Waals surface area contributed by atoms with Crippen LogP contribution < -0.4 is 5.32 Å². The van der Waals surface area contributed by atoms with Crippen LogP contribution in [0.4, 0.5) is 0 Å². The van der Waals surface area contributed by atoms with Crippen molar-refractivity contribution in [2.45, 2.75) is 50.7 Å². The minimum Gasteiger partial charge on any atom is -0.374 e. The predicted molar refractivity (Wildman–Crippen MR) is 79.8 cm³/mol. The zero-order chi connectivity index (χ0) is 13.5. The van der Waals surface area contributed by atoms with Crippen LogP contribution in [-0.4, -0.2) is 49.7 Å². The molecule has 0 aromatic rings. The lowest BCUT2D eigenvalue weighted by Crippen LogP contribution is -2.42. The van der Waals surface area contributed by atoms with E-state index in [0.717, 1.165) is 43.3 Å². The number of nitrogens with zero attached hydrogens (tertiary/aromatic N) is 2. The average molecular weight is 277 g/mol. The van der Waals surface area contributed by atoms with E-state index in [1.54, 1.807) is 0 Å². The Morgan fingerprint density at radius 1 is 1.10 bits per heavy atom. The number of likely N-dealkylation sites (tertiary alicyclic amines) is 1. The first kappa shape index (κ1) is 12.9. The summed E-state index contributed by atoms with van der Waals surface area (Å²) in [5, 5.41) is 3.63. The topological polar surface area (TPSA) is 36.9 Å². The van der Waals surface area contributed by atoms with Crippen LogP contribution in [0.25, 0.3) is 0 Å². The third kappa shape index (κ3) is 2.12. The first-order valence-corrected chi connectivity index (χ1v) is 8.46. The molecule has 0 aromatic heterocycles. The smallest absolute Gasteiger partial charge is 0.193 e. The van der Waals surface area contributed by atoms with Crippen LogP contribution in [0.3, 0.4) is 0 Å². The number of guanidine groups is 1. The SMILES string of the molecule is CN=C(NCC1CCCC1)N1CC2C3CCC(O3)C2C1. The maximum absolute atomic E-state index is 6.06. The van der Waals surface area contributed by atoms with Gasteiger partial charge in [-0.25, -0.2) is 0 Å². The molecule has 4 atom stereocenters. The highest BCUT2D eigenvalue weighted by atomic mass is 16.5. The van der Waals surface area contributed by atoms with E-state index in [4.69, 9.17) is 4.74 Å². The fourth-order valence-electron chi connectivity index (χ4n) is 4.92. The summed E-state index contributed by atoms with van der Waals surface area (Å²) in [5.74, 6) is 3.52. The van der Waals surface area contributed by atoms with Gasteiger partial charge >= 0.3 is 0 Å². The Kier molecular flexibility index (Phi) is 3.37. The fourth-order valence-corrected chi connectivity index (χ4v) is 4.92. The second-order valence-corrected chi connectivity index (χ2v) is 7.10. The predicted octanol–water partition coefficient (Wildman–Crippen LogP) is 1.86. The van der Waals surface area contributed by atoms with Gasteiger partial charge in [0.15, 0.2) is 5.96 Å². The Balaban J connectivity index is 1.35. The number of hydrogen-bond acceptors (Lipinski definition) is 2. The normalized spacial score (nSPS) is 40.6. The lowest BCUT2D eigenvalue weighted by atomic mass is 9.82. The zero-order valence-corrected chi connectivity index (χ0v) is 12.6. The van der Waals surface area contributed by atoms with Crippen LogP contribution >= 0.6 is 0 Å².